The first-order valence-electron chi connectivity index (χ1n) is 9.94. The summed E-state index contributed by atoms with van der Waals surface area (Å²) in [6, 6.07) is 7.72. The number of hydrogen-bond acceptors (Lipinski definition) is 3. The fourth-order valence-electron chi connectivity index (χ4n) is 3.55. The van der Waals surface area contributed by atoms with Gasteiger partial charge in [0.1, 0.15) is 5.75 Å². The van der Waals surface area contributed by atoms with E-state index in [1.165, 1.54) is 0 Å². The smallest absolute Gasteiger partial charge is 0.320 e. The molecule has 150 valence electrons. The summed E-state index contributed by atoms with van der Waals surface area (Å²) in [7, 11) is 0. The average Bonchev–Trinajstić information content (AvgIpc) is 2.62. The van der Waals surface area contributed by atoms with Gasteiger partial charge in [-0.05, 0) is 71.7 Å². The van der Waals surface area contributed by atoms with Gasteiger partial charge in [0.15, 0.2) is 0 Å². The van der Waals surface area contributed by atoms with Crippen LogP contribution in [0.5, 0.6) is 5.75 Å². The third-order valence-electron chi connectivity index (χ3n) is 4.86. The van der Waals surface area contributed by atoms with Gasteiger partial charge < -0.3 is 19.9 Å². The van der Waals surface area contributed by atoms with Crippen molar-refractivity contribution in [2.75, 3.05) is 19.7 Å². The SMILES string of the molecule is CCOc1ccc(C(=O)NC2CCN(C(=O)N(C(C)C)C(C)C)CC2)cc1. The topological polar surface area (TPSA) is 61.9 Å². The molecule has 6 nitrogen and oxygen atoms in total. The van der Waals surface area contributed by atoms with Crippen LogP contribution in [0.2, 0.25) is 0 Å². The first-order valence-corrected chi connectivity index (χ1v) is 9.94. The Kier molecular flexibility index (Phi) is 7.51. The lowest BCUT2D eigenvalue weighted by atomic mass is 10.0. The van der Waals surface area contributed by atoms with Gasteiger partial charge in [-0.1, -0.05) is 0 Å². The lowest BCUT2D eigenvalue weighted by molar-refractivity contribution is 0.0898. The highest BCUT2D eigenvalue weighted by Gasteiger charge is 2.29. The van der Waals surface area contributed by atoms with Gasteiger partial charge >= 0.3 is 6.03 Å². The van der Waals surface area contributed by atoms with Crippen molar-refractivity contribution in [3.05, 3.63) is 29.8 Å². The quantitative estimate of drug-likeness (QED) is 0.827. The van der Waals surface area contributed by atoms with Gasteiger partial charge in [0, 0.05) is 36.8 Å². The normalized spacial score (nSPS) is 15.1. The standard InChI is InChI=1S/C21H33N3O3/c1-6-27-19-9-7-17(8-10-19)20(25)22-18-11-13-23(14-12-18)21(26)24(15(2)3)16(4)5/h7-10,15-16,18H,6,11-14H2,1-5H3,(H,22,25). The van der Waals surface area contributed by atoms with Crippen LogP contribution in [0.15, 0.2) is 24.3 Å². The maximum atomic E-state index is 12.8. The molecule has 1 aromatic carbocycles. The zero-order valence-corrected chi connectivity index (χ0v) is 17.2. The molecule has 0 saturated carbocycles. The van der Waals surface area contributed by atoms with Gasteiger partial charge in [-0.3, -0.25) is 4.79 Å². The number of hydrogen-bond donors (Lipinski definition) is 1. The lowest BCUT2D eigenvalue weighted by Gasteiger charge is -2.39. The summed E-state index contributed by atoms with van der Waals surface area (Å²) >= 11 is 0. The molecule has 0 bridgehead atoms. The first-order chi connectivity index (χ1) is 12.8. The van der Waals surface area contributed by atoms with Gasteiger partial charge in [-0.15, -0.1) is 0 Å². The number of likely N-dealkylation sites (tertiary alicyclic amines) is 1. The number of benzene rings is 1. The monoisotopic (exact) mass is 375 g/mol. The van der Waals surface area contributed by atoms with E-state index in [1.807, 2.05) is 56.6 Å². The molecule has 0 atom stereocenters. The summed E-state index contributed by atoms with van der Waals surface area (Å²) in [5.41, 5.74) is 0.628. The van der Waals surface area contributed by atoms with Crippen molar-refractivity contribution in [2.24, 2.45) is 0 Å². The molecule has 1 fully saturated rings. The Morgan fingerprint density at radius 1 is 1.11 bits per heavy atom. The first kappa shape index (κ1) is 21.1. The Labute approximate surface area is 162 Å². The molecule has 1 N–H and O–H groups in total. The van der Waals surface area contributed by atoms with Crippen LogP contribution in [-0.4, -0.2) is 59.6 Å². The van der Waals surface area contributed by atoms with Gasteiger partial charge in [0.2, 0.25) is 0 Å². The fourth-order valence-corrected chi connectivity index (χ4v) is 3.55. The number of nitrogens with one attached hydrogen (secondary N) is 1. The van der Waals surface area contributed by atoms with Gasteiger partial charge in [0.05, 0.1) is 6.61 Å². The molecule has 6 heteroatoms. The summed E-state index contributed by atoms with van der Waals surface area (Å²) < 4.78 is 5.40. The molecule has 0 aromatic heterocycles. The highest BCUT2D eigenvalue weighted by molar-refractivity contribution is 5.94. The molecule has 0 spiro atoms. The maximum Gasteiger partial charge on any atom is 0.320 e. The molecular weight excluding hydrogens is 342 g/mol. The van der Waals surface area contributed by atoms with Crippen LogP contribution in [0.4, 0.5) is 4.79 Å². The lowest BCUT2D eigenvalue weighted by Crippen LogP contribution is -2.53. The van der Waals surface area contributed by atoms with Gasteiger partial charge in [0.25, 0.3) is 5.91 Å². The number of rotatable bonds is 6. The minimum absolute atomic E-state index is 0.0752. The molecule has 0 unspecified atom stereocenters. The summed E-state index contributed by atoms with van der Waals surface area (Å²) in [5, 5.41) is 3.09. The van der Waals surface area contributed by atoms with Gasteiger partial charge in [-0.2, -0.15) is 0 Å². The van der Waals surface area contributed by atoms with E-state index in [9.17, 15) is 9.59 Å². The number of urea groups is 1. The van der Waals surface area contributed by atoms with Crippen molar-refractivity contribution in [1.29, 1.82) is 0 Å². The second-order valence-corrected chi connectivity index (χ2v) is 7.57. The number of ether oxygens (including phenoxy) is 1. The van der Waals surface area contributed by atoms with Crippen molar-refractivity contribution in [3.63, 3.8) is 0 Å². The molecule has 27 heavy (non-hydrogen) atoms. The molecular formula is C21H33N3O3. The van der Waals surface area contributed by atoms with E-state index in [2.05, 4.69) is 5.32 Å². The van der Waals surface area contributed by atoms with Gasteiger partial charge in [-0.25, -0.2) is 4.79 Å². The Morgan fingerprint density at radius 2 is 1.67 bits per heavy atom. The highest BCUT2D eigenvalue weighted by atomic mass is 16.5. The molecule has 1 heterocycles. The molecule has 1 aromatic rings. The second kappa shape index (κ2) is 9.62. The Hall–Kier alpha value is -2.24. The largest absolute Gasteiger partial charge is 0.494 e. The van der Waals surface area contributed by atoms with Crippen LogP contribution in [0.3, 0.4) is 0 Å². The minimum atomic E-state index is -0.0752. The zero-order chi connectivity index (χ0) is 20.0. The van der Waals surface area contributed by atoms with Crippen LogP contribution in [0.1, 0.15) is 57.8 Å². The Morgan fingerprint density at radius 3 is 2.15 bits per heavy atom. The van der Waals surface area contributed by atoms with Crippen molar-refractivity contribution >= 4 is 11.9 Å². The summed E-state index contributed by atoms with van der Waals surface area (Å²) in [6.07, 6.45) is 1.55. The van der Waals surface area contributed by atoms with Crippen LogP contribution in [-0.2, 0) is 0 Å². The van der Waals surface area contributed by atoms with E-state index in [4.69, 9.17) is 4.74 Å². The van der Waals surface area contributed by atoms with Crippen molar-refractivity contribution in [2.45, 2.75) is 65.6 Å². The van der Waals surface area contributed by atoms with Crippen LogP contribution < -0.4 is 10.1 Å². The molecule has 1 saturated heterocycles. The van der Waals surface area contributed by atoms with E-state index in [0.29, 0.717) is 25.3 Å². The van der Waals surface area contributed by atoms with E-state index >= 15 is 0 Å². The number of nitrogens with zero attached hydrogens (tertiary/aromatic N) is 2. The number of piperidine rings is 1. The van der Waals surface area contributed by atoms with E-state index in [0.717, 1.165) is 18.6 Å². The summed E-state index contributed by atoms with van der Waals surface area (Å²) in [6.45, 7) is 12.0. The van der Waals surface area contributed by atoms with Crippen molar-refractivity contribution in [3.8, 4) is 5.75 Å². The fraction of sp³-hybridized carbons (Fsp3) is 0.619. The number of amides is 3. The van der Waals surface area contributed by atoms with E-state index < -0.39 is 0 Å². The predicted octanol–water partition coefficient (Wildman–Crippen LogP) is 3.52. The van der Waals surface area contributed by atoms with Crippen LogP contribution in [0.25, 0.3) is 0 Å². The Balaban J connectivity index is 1.86. The summed E-state index contributed by atoms with van der Waals surface area (Å²) in [4.78, 5) is 29.0. The molecule has 2 rings (SSSR count). The van der Waals surface area contributed by atoms with E-state index in [1.54, 1.807) is 12.1 Å². The third-order valence-corrected chi connectivity index (χ3v) is 4.86. The second-order valence-electron chi connectivity index (χ2n) is 7.57. The molecule has 0 aliphatic carbocycles. The molecule has 3 amide bonds. The number of carbonyl (C=O) groups excluding carboxylic acids is 2. The van der Waals surface area contributed by atoms with Crippen molar-refractivity contribution in [1.82, 2.24) is 15.1 Å². The molecule has 1 aliphatic heterocycles. The van der Waals surface area contributed by atoms with Crippen molar-refractivity contribution < 1.29 is 14.3 Å². The van der Waals surface area contributed by atoms with E-state index in [-0.39, 0.29) is 30.1 Å². The predicted molar refractivity (Wildman–Crippen MR) is 107 cm³/mol. The number of carbonyl (C=O) groups is 2. The average molecular weight is 376 g/mol. The molecule has 0 radical (unpaired) electrons. The van der Waals surface area contributed by atoms with Crippen LogP contribution in [0, 0.1) is 0 Å². The zero-order valence-electron chi connectivity index (χ0n) is 17.2. The third kappa shape index (κ3) is 5.62. The maximum absolute atomic E-state index is 12.8. The van der Waals surface area contributed by atoms with Crippen LogP contribution >= 0.6 is 0 Å². The summed E-state index contributed by atoms with van der Waals surface area (Å²) in [5.74, 6) is 0.689. The highest BCUT2D eigenvalue weighted by Crippen LogP contribution is 2.17. The minimum Gasteiger partial charge on any atom is -0.494 e. The molecule has 1 aliphatic rings. The Bertz CT molecular complexity index is 612.